The van der Waals surface area contributed by atoms with Crippen molar-refractivity contribution in [2.24, 2.45) is 11.8 Å². The first kappa shape index (κ1) is 23.7. The largest absolute Gasteiger partial charge is 1.00 e. The van der Waals surface area contributed by atoms with Gasteiger partial charge < -0.3 is 24.9 Å². The van der Waals surface area contributed by atoms with Crippen molar-refractivity contribution in [3.05, 3.63) is 24.0 Å². The van der Waals surface area contributed by atoms with Crippen molar-refractivity contribution in [1.29, 1.82) is 0 Å². The molecule has 0 amide bonds. The van der Waals surface area contributed by atoms with Crippen LogP contribution in [0.5, 0.6) is 0 Å². The van der Waals surface area contributed by atoms with Crippen LogP contribution in [0.1, 0.15) is 64.7 Å². The predicted octanol–water partition coefficient (Wildman–Crippen LogP) is -0.922. The number of aliphatic hydroxyl groups is 2. The molecule has 142 valence electrons. The number of fused-ring (bicyclic) bond motifs is 1. The Labute approximate surface area is 178 Å². The summed E-state index contributed by atoms with van der Waals surface area (Å²) in [6.07, 6.45) is 11.6. The molecule has 0 aromatic rings. The molecule has 1 heterocycles. The van der Waals surface area contributed by atoms with Crippen molar-refractivity contribution in [3.63, 3.8) is 0 Å². The Hall–Kier alpha value is -0.330. The van der Waals surface area contributed by atoms with Crippen LogP contribution in [-0.4, -0.2) is 34.5 Å². The zero-order valence-corrected chi connectivity index (χ0v) is 18.1. The van der Waals surface area contributed by atoms with Crippen molar-refractivity contribution in [2.75, 3.05) is 0 Å². The second-order valence-corrected chi connectivity index (χ2v) is 7.29. The van der Waals surface area contributed by atoms with Gasteiger partial charge in [-0.3, -0.25) is 0 Å². The minimum atomic E-state index is -1.02. The van der Waals surface area contributed by atoms with Crippen LogP contribution in [0.25, 0.3) is 0 Å². The molecule has 1 unspecified atom stereocenters. The molecule has 2 fully saturated rings. The SMILES string of the molecule is CCCCC[C@H](O)/C=C/C1[C@H](O)C[C@@H]2O/C(=C\CCCC(=O)[O-])C[C@H]12.[Na+]. The summed E-state index contributed by atoms with van der Waals surface area (Å²) in [7, 11) is 0. The first-order valence-electron chi connectivity index (χ1n) is 9.61. The number of carboxylic acids is 1. The third-order valence-corrected chi connectivity index (χ3v) is 5.25. The molecule has 0 aromatic heterocycles. The maximum Gasteiger partial charge on any atom is 1.00 e. The monoisotopic (exact) mass is 374 g/mol. The van der Waals surface area contributed by atoms with Gasteiger partial charge >= 0.3 is 29.6 Å². The molecular weight excluding hydrogens is 343 g/mol. The van der Waals surface area contributed by atoms with Gasteiger partial charge in [-0.05, 0) is 31.8 Å². The maximum atomic E-state index is 10.4. The summed E-state index contributed by atoms with van der Waals surface area (Å²) >= 11 is 0. The average molecular weight is 374 g/mol. The van der Waals surface area contributed by atoms with E-state index in [-0.39, 0.29) is 53.9 Å². The molecular formula is C20H31NaO5. The van der Waals surface area contributed by atoms with Crippen LogP contribution in [0.3, 0.4) is 0 Å². The fourth-order valence-electron chi connectivity index (χ4n) is 3.85. The summed E-state index contributed by atoms with van der Waals surface area (Å²) in [6.45, 7) is 2.14. The van der Waals surface area contributed by atoms with Gasteiger partial charge in [-0.2, -0.15) is 0 Å². The first-order valence-corrected chi connectivity index (χ1v) is 9.61. The number of unbranched alkanes of at least 4 members (excludes halogenated alkanes) is 3. The number of carbonyl (C=O) groups is 1. The van der Waals surface area contributed by atoms with Crippen LogP contribution in [0.4, 0.5) is 0 Å². The molecule has 2 N–H and O–H groups in total. The number of ether oxygens (including phenoxy) is 1. The molecule has 0 bridgehead atoms. The number of carboxylic acid groups (broad SMARTS) is 1. The molecule has 6 heteroatoms. The molecule has 0 radical (unpaired) electrons. The summed E-state index contributed by atoms with van der Waals surface area (Å²) in [5.74, 6) is 0.136. The smallest absolute Gasteiger partial charge is 0.550 e. The van der Waals surface area contributed by atoms with E-state index in [1.54, 1.807) is 0 Å². The standard InChI is InChI=1S/C20H32O5.Na/c1-2-3-4-7-14(21)10-11-16-17-12-15(8-5-6-9-20(23)24)25-19(17)13-18(16)22;/h8,10-11,14,16-19,21-22H,2-7,9,12-13H2,1H3,(H,23,24);/q;+1/p-1/b11-10+,15-8-;/t14-,16?,17+,18+,19-;/m0./s1. The third kappa shape index (κ3) is 7.35. The topological polar surface area (TPSA) is 89.8 Å². The Morgan fingerprint density at radius 2 is 2.15 bits per heavy atom. The molecule has 1 aliphatic heterocycles. The molecule has 1 saturated carbocycles. The normalized spacial score (nSPS) is 30.2. The van der Waals surface area contributed by atoms with Gasteiger partial charge in [0, 0.05) is 30.6 Å². The number of carbonyl (C=O) groups excluding carboxylic acids is 1. The van der Waals surface area contributed by atoms with E-state index < -0.39 is 18.2 Å². The second-order valence-electron chi connectivity index (χ2n) is 7.29. The summed E-state index contributed by atoms with van der Waals surface area (Å²) in [4.78, 5) is 10.4. The fourth-order valence-corrected chi connectivity index (χ4v) is 3.85. The molecule has 5 atom stereocenters. The van der Waals surface area contributed by atoms with Crippen LogP contribution in [0.15, 0.2) is 24.0 Å². The summed E-state index contributed by atoms with van der Waals surface area (Å²) < 4.78 is 5.92. The molecule has 2 rings (SSSR count). The molecule has 0 spiro atoms. The number of allylic oxidation sites excluding steroid dienone is 2. The quantitative estimate of drug-likeness (QED) is 0.293. The number of aliphatic hydroxyl groups excluding tert-OH is 2. The Morgan fingerprint density at radius 1 is 1.38 bits per heavy atom. The Kier molecular flexibility index (Phi) is 11.1. The molecule has 1 aliphatic carbocycles. The van der Waals surface area contributed by atoms with Crippen molar-refractivity contribution in [3.8, 4) is 0 Å². The maximum absolute atomic E-state index is 10.4. The fraction of sp³-hybridized carbons (Fsp3) is 0.750. The first-order chi connectivity index (χ1) is 12.0. The van der Waals surface area contributed by atoms with E-state index >= 15 is 0 Å². The van der Waals surface area contributed by atoms with Gasteiger partial charge in [-0.15, -0.1) is 0 Å². The summed E-state index contributed by atoms with van der Waals surface area (Å²) in [5.41, 5.74) is 0. The van der Waals surface area contributed by atoms with Gasteiger partial charge in [0.2, 0.25) is 0 Å². The molecule has 2 aliphatic rings. The van der Waals surface area contributed by atoms with E-state index in [4.69, 9.17) is 4.74 Å². The average Bonchev–Trinajstić information content (AvgIpc) is 3.06. The zero-order chi connectivity index (χ0) is 18.2. The van der Waals surface area contributed by atoms with E-state index in [0.717, 1.165) is 37.9 Å². The summed E-state index contributed by atoms with van der Waals surface area (Å²) in [5, 5.41) is 30.7. The van der Waals surface area contributed by atoms with Gasteiger partial charge in [-0.25, -0.2) is 0 Å². The third-order valence-electron chi connectivity index (χ3n) is 5.25. The number of aliphatic carboxylic acids is 1. The van der Waals surface area contributed by atoms with Crippen molar-refractivity contribution in [1.82, 2.24) is 0 Å². The van der Waals surface area contributed by atoms with Crippen LogP contribution >= 0.6 is 0 Å². The van der Waals surface area contributed by atoms with Gasteiger partial charge in [0.1, 0.15) is 6.10 Å². The van der Waals surface area contributed by atoms with Crippen LogP contribution < -0.4 is 34.7 Å². The van der Waals surface area contributed by atoms with E-state index in [1.807, 2.05) is 18.2 Å². The minimum absolute atomic E-state index is 0. The number of hydrogen-bond donors (Lipinski definition) is 2. The van der Waals surface area contributed by atoms with Crippen molar-refractivity contribution in [2.45, 2.75) is 83.0 Å². The van der Waals surface area contributed by atoms with Crippen LogP contribution in [-0.2, 0) is 9.53 Å². The molecule has 26 heavy (non-hydrogen) atoms. The van der Waals surface area contributed by atoms with E-state index in [9.17, 15) is 20.1 Å². The second kappa shape index (κ2) is 12.2. The van der Waals surface area contributed by atoms with E-state index in [0.29, 0.717) is 19.3 Å². The number of hydrogen-bond acceptors (Lipinski definition) is 5. The van der Waals surface area contributed by atoms with Crippen LogP contribution in [0, 0.1) is 11.8 Å². The molecule has 5 nitrogen and oxygen atoms in total. The molecule has 1 saturated heterocycles. The van der Waals surface area contributed by atoms with Gasteiger partial charge in [-0.1, -0.05) is 38.3 Å². The molecule has 0 aromatic carbocycles. The van der Waals surface area contributed by atoms with Gasteiger partial charge in [0.25, 0.3) is 0 Å². The van der Waals surface area contributed by atoms with Crippen molar-refractivity contribution < 1.29 is 54.4 Å². The van der Waals surface area contributed by atoms with E-state index in [1.165, 1.54) is 0 Å². The van der Waals surface area contributed by atoms with Crippen LogP contribution in [0.2, 0.25) is 0 Å². The van der Waals surface area contributed by atoms with Crippen molar-refractivity contribution >= 4 is 5.97 Å². The Morgan fingerprint density at radius 3 is 2.85 bits per heavy atom. The zero-order valence-electron chi connectivity index (χ0n) is 16.1. The summed E-state index contributed by atoms with van der Waals surface area (Å²) in [6, 6.07) is 0. The van der Waals surface area contributed by atoms with Gasteiger partial charge in [0.15, 0.2) is 0 Å². The predicted molar refractivity (Wildman–Crippen MR) is 93.3 cm³/mol. The minimum Gasteiger partial charge on any atom is -0.550 e. The Bertz CT molecular complexity index is 491. The number of rotatable bonds is 10. The van der Waals surface area contributed by atoms with E-state index in [2.05, 4.69) is 6.92 Å². The van der Waals surface area contributed by atoms with Gasteiger partial charge in [0.05, 0.1) is 18.0 Å². The Balaban J connectivity index is 0.00000338.